The molecule has 2 nitrogen and oxygen atoms in total. The molecule has 1 aliphatic carbocycles. The van der Waals surface area contributed by atoms with Crippen LogP contribution in [0.5, 0.6) is 0 Å². The van der Waals surface area contributed by atoms with Gasteiger partial charge in [-0.15, -0.1) is 0 Å². The minimum atomic E-state index is -0.111. The Kier molecular flexibility index (Phi) is 6.84. The number of fused-ring (bicyclic) bond motifs is 4. The quantitative estimate of drug-likeness (QED) is 0.190. The van der Waals surface area contributed by atoms with Gasteiger partial charge in [0.05, 0.1) is 11.2 Å². The molecule has 9 rings (SSSR count). The maximum absolute atomic E-state index is 5.47. The summed E-state index contributed by atoms with van der Waals surface area (Å²) in [5.41, 5.74) is 16.0. The maximum Gasteiger partial charge on any atom is 0.161 e. The minimum absolute atomic E-state index is 0.111. The fourth-order valence-electron chi connectivity index (χ4n) is 7.62. The SMILES string of the molecule is CC1(C)c2ccccc2-c2c(-c3nc(-c4ccc(-c5ccccc5)cc4)c4cc(-c5ccccc5)c(-c5ccccc5)cc4n3)cccc21. The Hall–Kier alpha value is -6.12. The van der Waals surface area contributed by atoms with Gasteiger partial charge in [-0.05, 0) is 67.8 Å². The standard InChI is InChI=1S/C47H34N2/c1-47(2)41-23-13-12-21-36(41)44-37(22-14-24-42(44)47)46-48-43-30-39(34-19-10-5-11-20-34)38(33-17-8-4-9-18-33)29-40(43)45(49-46)35-27-25-32(26-28-35)31-15-6-3-7-16-31/h3-30H,1-2H3. The molecule has 0 unspecified atom stereocenters. The summed E-state index contributed by atoms with van der Waals surface area (Å²) in [5.74, 6) is 0.741. The van der Waals surface area contributed by atoms with E-state index in [1.165, 1.54) is 33.4 Å². The zero-order valence-corrected chi connectivity index (χ0v) is 27.6. The first-order valence-electron chi connectivity index (χ1n) is 16.9. The smallest absolute Gasteiger partial charge is 0.161 e. The van der Waals surface area contributed by atoms with Crippen LogP contribution in [0.2, 0.25) is 0 Å². The van der Waals surface area contributed by atoms with Crippen molar-refractivity contribution >= 4 is 10.9 Å². The van der Waals surface area contributed by atoms with Crippen LogP contribution < -0.4 is 0 Å². The molecule has 1 aromatic heterocycles. The van der Waals surface area contributed by atoms with Crippen LogP contribution in [0.4, 0.5) is 0 Å². The van der Waals surface area contributed by atoms with Gasteiger partial charge >= 0.3 is 0 Å². The normalized spacial score (nSPS) is 12.9. The Bertz CT molecular complexity index is 2480. The summed E-state index contributed by atoms with van der Waals surface area (Å²) in [4.78, 5) is 10.9. The van der Waals surface area contributed by atoms with E-state index >= 15 is 0 Å². The zero-order chi connectivity index (χ0) is 33.0. The van der Waals surface area contributed by atoms with E-state index in [0.29, 0.717) is 0 Å². The first-order chi connectivity index (χ1) is 24.1. The van der Waals surface area contributed by atoms with Crippen molar-refractivity contribution in [1.82, 2.24) is 9.97 Å². The third kappa shape index (κ3) is 4.88. The number of hydrogen-bond donors (Lipinski definition) is 0. The average Bonchev–Trinajstić information content (AvgIpc) is 3.41. The van der Waals surface area contributed by atoms with Crippen LogP contribution in [0, 0.1) is 0 Å². The number of nitrogens with zero attached hydrogens (tertiary/aromatic N) is 2. The molecule has 0 bridgehead atoms. The molecule has 0 saturated carbocycles. The summed E-state index contributed by atoms with van der Waals surface area (Å²) in [7, 11) is 0. The van der Waals surface area contributed by atoms with Gasteiger partial charge in [0.25, 0.3) is 0 Å². The third-order valence-corrected chi connectivity index (χ3v) is 10.1. The van der Waals surface area contributed by atoms with Gasteiger partial charge in [-0.1, -0.05) is 172 Å². The summed E-state index contributed by atoms with van der Waals surface area (Å²) in [5, 5.41) is 1.03. The lowest BCUT2D eigenvalue weighted by molar-refractivity contribution is 0.660. The highest BCUT2D eigenvalue weighted by atomic mass is 14.9. The second-order valence-electron chi connectivity index (χ2n) is 13.4. The lowest BCUT2D eigenvalue weighted by Crippen LogP contribution is -2.14. The van der Waals surface area contributed by atoms with Crippen molar-refractivity contribution in [2.24, 2.45) is 0 Å². The van der Waals surface area contributed by atoms with Crippen molar-refractivity contribution in [2.75, 3.05) is 0 Å². The third-order valence-electron chi connectivity index (χ3n) is 10.1. The van der Waals surface area contributed by atoms with Crippen LogP contribution in [0.1, 0.15) is 25.0 Å². The second kappa shape index (κ2) is 11.5. The van der Waals surface area contributed by atoms with E-state index in [9.17, 15) is 0 Å². The highest BCUT2D eigenvalue weighted by molar-refractivity contribution is 6.02. The van der Waals surface area contributed by atoms with E-state index in [2.05, 4.69) is 184 Å². The largest absolute Gasteiger partial charge is 0.228 e. The predicted molar refractivity (Wildman–Crippen MR) is 204 cm³/mol. The lowest BCUT2D eigenvalue weighted by Gasteiger charge is -2.21. The van der Waals surface area contributed by atoms with Crippen LogP contribution in [0.25, 0.3) is 78.1 Å². The molecule has 0 N–H and O–H groups in total. The first-order valence-corrected chi connectivity index (χ1v) is 16.9. The maximum atomic E-state index is 5.47. The molecule has 0 atom stereocenters. The van der Waals surface area contributed by atoms with E-state index < -0.39 is 0 Å². The van der Waals surface area contributed by atoms with Gasteiger partial charge in [0, 0.05) is 21.9 Å². The van der Waals surface area contributed by atoms with E-state index in [1.54, 1.807) is 0 Å². The van der Waals surface area contributed by atoms with Gasteiger partial charge in [0.2, 0.25) is 0 Å². The molecule has 1 aliphatic rings. The summed E-state index contributed by atoms with van der Waals surface area (Å²) >= 11 is 0. The predicted octanol–water partition coefficient (Wildman–Crippen LogP) is 12.3. The molecular formula is C47H34N2. The van der Waals surface area contributed by atoms with Gasteiger partial charge < -0.3 is 0 Å². The molecular weight excluding hydrogens is 593 g/mol. The van der Waals surface area contributed by atoms with Crippen LogP contribution in [-0.2, 0) is 5.41 Å². The fraction of sp³-hybridized carbons (Fsp3) is 0.0638. The Morgan fingerprint density at radius 1 is 0.388 bits per heavy atom. The zero-order valence-electron chi connectivity index (χ0n) is 27.6. The van der Waals surface area contributed by atoms with E-state index in [-0.39, 0.29) is 5.41 Å². The minimum Gasteiger partial charge on any atom is -0.228 e. The highest BCUT2D eigenvalue weighted by Gasteiger charge is 2.37. The van der Waals surface area contributed by atoms with Crippen molar-refractivity contribution in [3.63, 3.8) is 0 Å². The molecule has 49 heavy (non-hydrogen) atoms. The molecule has 8 aromatic rings. The van der Waals surface area contributed by atoms with Crippen LogP contribution in [0.3, 0.4) is 0 Å². The lowest BCUT2D eigenvalue weighted by atomic mass is 9.82. The summed E-state index contributed by atoms with van der Waals surface area (Å²) in [6.07, 6.45) is 0. The molecule has 0 aliphatic heterocycles. The van der Waals surface area contributed by atoms with Gasteiger partial charge in [0.1, 0.15) is 0 Å². The fourth-order valence-corrected chi connectivity index (χ4v) is 7.62. The molecule has 232 valence electrons. The van der Waals surface area contributed by atoms with Crippen molar-refractivity contribution in [2.45, 2.75) is 19.3 Å². The highest BCUT2D eigenvalue weighted by Crippen LogP contribution is 2.52. The second-order valence-corrected chi connectivity index (χ2v) is 13.4. The van der Waals surface area contributed by atoms with Crippen molar-refractivity contribution in [3.05, 3.63) is 181 Å². The van der Waals surface area contributed by atoms with Crippen molar-refractivity contribution < 1.29 is 0 Å². The number of hydrogen-bond acceptors (Lipinski definition) is 2. The molecule has 0 fully saturated rings. The Morgan fingerprint density at radius 3 is 1.57 bits per heavy atom. The summed E-state index contributed by atoms with van der Waals surface area (Å²) in [6.45, 7) is 4.64. The van der Waals surface area contributed by atoms with E-state index in [1.807, 2.05) is 0 Å². The van der Waals surface area contributed by atoms with Crippen LogP contribution in [0.15, 0.2) is 170 Å². The number of benzene rings is 7. The van der Waals surface area contributed by atoms with Crippen molar-refractivity contribution in [3.8, 4) is 67.2 Å². The average molecular weight is 627 g/mol. The molecule has 0 radical (unpaired) electrons. The molecule has 0 saturated heterocycles. The molecule has 7 aromatic carbocycles. The number of rotatable bonds is 5. The van der Waals surface area contributed by atoms with Crippen molar-refractivity contribution in [1.29, 1.82) is 0 Å². The van der Waals surface area contributed by atoms with E-state index in [4.69, 9.17) is 9.97 Å². The number of aromatic nitrogens is 2. The Labute approximate surface area is 287 Å². The molecule has 1 heterocycles. The molecule has 0 spiro atoms. The van der Waals surface area contributed by atoms with Gasteiger partial charge in [0.15, 0.2) is 5.82 Å². The van der Waals surface area contributed by atoms with Gasteiger partial charge in [-0.2, -0.15) is 0 Å². The summed E-state index contributed by atoms with van der Waals surface area (Å²) in [6, 6.07) is 60.6. The Morgan fingerprint density at radius 2 is 0.898 bits per heavy atom. The monoisotopic (exact) mass is 626 g/mol. The topological polar surface area (TPSA) is 25.8 Å². The van der Waals surface area contributed by atoms with Gasteiger partial charge in [-0.25, -0.2) is 9.97 Å². The van der Waals surface area contributed by atoms with Crippen LogP contribution >= 0.6 is 0 Å². The van der Waals surface area contributed by atoms with Gasteiger partial charge in [-0.3, -0.25) is 0 Å². The van der Waals surface area contributed by atoms with Crippen LogP contribution in [-0.4, -0.2) is 9.97 Å². The Balaban J connectivity index is 1.33. The molecule has 2 heteroatoms. The van der Waals surface area contributed by atoms with E-state index in [0.717, 1.165) is 55.8 Å². The first kappa shape index (κ1) is 29.1. The molecule has 0 amide bonds. The summed E-state index contributed by atoms with van der Waals surface area (Å²) < 4.78 is 0.